The molecule has 0 aliphatic heterocycles. The molecule has 154 valence electrons. The molecule has 0 spiro atoms. The number of hydrogen-bond donors (Lipinski definition) is 0. The van der Waals surface area contributed by atoms with Crippen molar-refractivity contribution >= 4 is 22.8 Å². The number of nitrogens with zero attached hydrogens (tertiary/aromatic N) is 3. The van der Waals surface area contributed by atoms with Crippen molar-refractivity contribution in [2.75, 3.05) is 13.4 Å². The van der Waals surface area contributed by atoms with Crippen molar-refractivity contribution in [3.63, 3.8) is 0 Å². The molecule has 0 bridgehead atoms. The third-order valence-corrected chi connectivity index (χ3v) is 5.77. The Kier molecular flexibility index (Phi) is 5.39. The number of fused-ring (bicyclic) bond motifs is 1. The highest BCUT2D eigenvalue weighted by Crippen LogP contribution is 2.24. The molecule has 0 saturated heterocycles. The molecule has 0 amide bonds. The van der Waals surface area contributed by atoms with Gasteiger partial charge in [0.15, 0.2) is 16.7 Å². The minimum Gasteiger partial charge on any atom is -0.494 e. The highest BCUT2D eigenvalue weighted by Gasteiger charge is 2.18. The first kappa shape index (κ1) is 20.2. The number of methoxy groups -OCH3 is 1. The predicted octanol–water partition coefficient (Wildman–Crippen LogP) is 4.72. The van der Waals surface area contributed by atoms with Crippen molar-refractivity contribution in [3.05, 3.63) is 81.5 Å². The third-order valence-electron chi connectivity index (χ3n) is 5.13. The van der Waals surface area contributed by atoms with Crippen LogP contribution in [0.3, 0.4) is 0 Å². The Morgan fingerprint density at radius 1 is 1.10 bits per heavy atom. The summed E-state index contributed by atoms with van der Waals surface area (Å²) >= 11 is 1.43. The zero-order chi connectivity index (χ0) is 21.4. The van der Waals surface area contributed by atoms with Gasteiger partial charge in [0.25, 0.3) is 5.56 Å². The fraction of sp³-hybridized carbons (Fsp3) is 0.217. The van der Waals surface area contributed by atoms with Crippen LogP contribution in [0.1, 0.15) is 16.8 Å². The predicted molar refractivity (Wildman–Crippen MR) is 119 cm³/mol. The Morgan fingerprint density at radius 3 is 2.47 bits per heavy atom. The van der Waals surface area contributed by atoms with Gasteiger partial charge >= 0.3 is 0 Å². The van der Waals surface area contributed by atoms with Crippen molar-refractivity contribution in [1.29, 1.82) is 0 Å². The number of aryl methyl sites for hydroxylation is 2. The van der Waals surface area contributed by atoms with E-state index < -0.39 is 5.82 Å². The molecular weight excluding hydrogens is 401 g/mol. The molecule has 0 fully saturated rings. The van der Waals surface area contributed by atoms with Crippen LogP contribution in [0.15, 0.2) is 58.5 Å². The summed E-state index contributed by atoms with van der Waals surface area (Å²) in [6, 6.07) is 14.5. The second kappa shape index (κ2) is 7.99. The lowest BCUT2D eigenvalue weighted by atomic mass is 10.2. The van der Waals surface area contributed by atoms with Crippen LogP contribution in [0.2, 0.25) is 0 Å². The Balaban J connectivity index is 1.90. The lowest BCUT2D eigenvalue weighted by molar-refractivity contribution is 0.386. The average molecular weight is 424 g/mol. The molecule has 0 saturated carbocycles. The summed E-state index contributed by atoms with van der Waals surface area (Å²) in [5.41, 5.74) is 4.51. The summed E-state index contributed by atoms with van der Waals surface area (Å²) in [7, 11) is 1.43. The van der Waals surface area contributed by atoms with Crippen LogP contribution in [-0.4, -0.2) is 27.5 Å². The van der Waals surface area contributed by atoms with Crippen LogP contribution in [0.4, 0.5) is 4.39 Å². The number of benzene rings is 2. The van der Waals surface area contributed by atoms with Crippen molar-refractivity contribution in [2.45, 2.75) is 25.5 Å². The van der Waals surface area contributed by atoms with Gasteiger partial charge in [-0.3, -0.25) is 9.36 Å². The number of hydrogen-bond acceptors (Lipinski definition) is 4. The molecule has 0 atom stereocenters. The van der Waals surface area contributed by atoms with Gasteiger partial charge in [0.05, 0.1) is 18.3 Å². The van der Waals surface area contributed by atoms with Crippen molar-refractivity contribution < 1.29 is 9.13 Å². The van der Waals surface area contributed by atoms with Crippen LogP contribution in [0.25, 0.3) is 16.7 Å². The molecule has 2 heterocycles. The van der Waals surface area contributed by atoms with E-state index in [0.29, 0.717) is 22.7 Å². The van der Waals surface area contributed by atoms with Crippen molar-refractivity contribution in [1.82, 2.24) is 14.1 Å². The van der Waals surface area contributed by atoms with E-state index >= 15 is 0 Å². The highest BCUT2D eigenvalue weighted by molar-refractivity contribution is 7.98. The normalized spacial score (nSPS) is 11.2. The fourth-order valence-electron chi connectivity index (χ4n) is 3.57. The number of ether oxygens (including phenoxy) is 1. The van der Waals surface area contributed by atoms with E-state index in [2.05, 4.69) is 0 Å². The van der Waals surface area contributed by atoms with Crippen molar-refractivity contribution in [3.8, 4) is 11.4 Å². The molecule has 0 radical (unpaired) electrons. The number of halogens is 1. The Labute approximate surface area is 178 Å². The van der Waals surface area contributed by atoms with E-state index in [0.717, 1.165) is 22.5 Å². The van der Waals surface area contributed by atoms with Gasteiger partial charge in [-0.15, -0.1) is 0 Å². The van der Waals surface area contributed by atoms with Crippen molar-refractivity contribution in [2.24, 2.45) is 0 Å². The summed E-state index contributed by atoms with van der Waals surface area (Å²) in [5.74, 6) is -0.232. The maximum Gasteiger partial charge on any atom is 0.283 e. The summed E-state index contributed by atoms with van der Waals surface area (Å²) in [5, 5.41) is 0.629. The van der Waals surface area contributed by atoms with Crippen LogP contribution >= 0.6 is 11.8 Å². The first-order valence-corrected chi connectivity index (χ1v) is 10.7. The van der Waals surface area contributed by atoms with Gasteiger partial charge in [0, 0.05) is 12.2 Å². The van der Waals surface area contributed by atoms with Gasteiger partial charge in [-0.1, -0.05) is 35.5 Å². The van der Waals surface area contributed by atoms with Crippen LogP contribution < -0.4 is 10.3 Å². The van der Waals surface area contributed by atoms with E-state index in [1.54, 1.807) is 16.7 Å². The second-order valence-electron chi connectivity index (χ2n) is 7.15. The van der Waals surface area contributed by atoms with Gasteiger partial charge in [0.2, 0.25) is 0 Å². The molecule has 2 aromatic heterocycles. The van der Waals surface area contributed by atoms with Gasteiger partial charge in [0.1, 0.15) is 5.52 Å². The van der Waals surface area contributed by atoms with E-state index in [4.69, 9.17) is 9.72 Å². The first-order chi connectivity index (χ1) is 14.4. The summed E-state index contributed by atoms with van der Waals surface area (Å²) in [6.45, 7) is 4.29. The Bertz CT molecular complexity index is 1290. The minimum atomic E-state index is -0.427. The molecule has 7 heteroatoms. The maximum atomic E-state index is 14.2. The molecule has 2 aromatic carbocycles. The second-order valence-corrected chi connectivity index (χ2v) is 7.92. The lowest BCUT2D eigenvalue weighted by Gasteiger charge is -2.13. The zero-order valence-electron chi connectivity index (χ0n) is 17.3. The molecule has 0 unspecified atom stereocenters. The van der Waals surface area contributed by atoms with Gasteiger partial charge in [-0.25, -0.2) is 9.37 Å². The third kappa shape index (κ3) is 3.50. The molecule has 4 aromatic rings. The first-order valence-electron chi connectivity index (χ1n) is 9.49. The molecule has 0 N–H and O–H groups in total. The largest absolute Gasteiger partial charge is 0.494 e. The number of rotatable bonds is 5. The lowest BCUT2D eigenvalue weighted by Crippen LogP contribution is -2.23. The molecule has 0 aliphatic rings. The van der Waals surface area contributed by atoms with Crippen LogP contribution in [0, 0.1) is 19.7 Å². The standard InChI is InChI=1S/C23H22FN3O2S/c1-14-5-8-17(9-6-14)27-22(28)21-19(25-23(27)30-4)11-15(2)26(21)13-16-7-10-20(29-3)18(24)12-16/h5-12H,13H2,1-4H3. The maximum absolute atomic E-state index is 14.2. The summed E-state index contributed by atoms with van der Waals surface area (Å²) in [4.78, 5) is 18.3. The summed E-state index contributed by atoms with van der Waals surface area (Å²) in [6.07, 6.45) is 1.91. The quantitative estimate of drug-likeness (QED) is 0.344. The molecule has 4 rings (SSSR count). The SMILES string of the molecule is COc1ccc(Cn2c(C)cc3nc(SC)n(-c4ccc(C)cc4)c(=O)c32)cc1F. The van der Waals surface area contributed by atoms with Gasteiger partial charge in [-0.05, 0) is 56.0 Å². The smallest absolute Gasteiger partial charge is 0.283 e. The van der Waals surface area contributed by atoms with E-state index in [9.17, 15) is 9.18 Å². The summed E-state index contributed by atoms with van der Waals surface area (Å²) < 4.78 is 22.7. The van der Waals surface area contributed by atoms with E-state index in [1.165, 1.54) is 24.9 Å². The topological polar surface area (TPSA) is 49.0 Å². The Hall–Kier alpha value is -3.06. The number of aromatic nitrogens is 3. The van der Waals surface area contributed by atoms with E-state index in [1.807, 2.05) is 55.0 Å². The fourth-order valence-corrected chi connectivity index (χ4v) is 4.13. The molecule has 5 nitrogen and oxygen atoms in total. The van der Waals surface area contributed by atoms with Gasteiger partial charge in [-0.2, -0.15) is 0 Å². The molecule has 0 aliphatic carbocycles. The zero-order valence-corrected chi connectivity index (χ0v) is 18.1. The van der Waals surface area contributed by atoms with Crippen LogP contribution in [-0.2, 0) is 6.54 Å². The number of thioether (sulfide) groups is 1. The molecule has 30 heavy (non-hydrogen) atoms. The highest BCUT2D eigenvalue weighted by atomic mass is 32.2. The monoisotopic (exact) mass is 423 g/mol. The Morgan fingerprint density at radius 2 is 1.83 bits per heavy atom. The van der Waals surface area contributed by atoms with Gasteiger partial charge < -0.3 is 9.30 Å². The van der Waals surface area contributed by atoms with Crippen LogP contribution in [0.5, 0.6) is 5.75 Å². The molecular formula is C23H22FN3O2S. The average Bonchev–Trinajstić information content (AvgIpc) is 3.04. The van der Waals surface area contributed by atoms with E-state index in [-0.39, 0.29) is 11.3 Å². The minimum absolute atomic E-state index is 0.143.